The van der Waals surface area contributed by atoms with Crippen molar-refractivity contribution in [3.05, 3.63) is 30.3 Å². The van der Waals surface area contributed by atoms with Gasteiger partial charge in [0.1, 0.15) is 5.75 Å². The first-order valence-corrected chi connectivity index (χ1v) is 2.43. The van der Waals surface area contributed by atoms with Crippen LogP contribution in [0.25, 0.3) is 0 Å². The molecule has 1 nitrogen and oxygen atoms in total. The second-order valence-electron chi connectivity index (χ2n) is 1.44. The third-order valence-electron chi connectivity index (χ3n) is 0.914. The molecular weight excluding hydrogens is 400 g/mol. The van der Waals surface area contributed by atoms with Gasteiger partial charge < -0.3 is 28.7 Å². The van der Waals surface area contributed by atoms with Gasteiger partial charge in [0.05, 0.1) is 7.11 Å². The molecule has 0 fully saturated rings. The molecule has 0 aliphatic carbocycles. The number of rotatable bonds is 1. The van der Waals surface area contributed by atoms with Gasteiger partial charge in [-0.3, -0.25) is 0 Å². The minimum absolute atomic E-state index is 0. The molecule has 0 spiro atoms. The molecule has 1 radical (unpaired) electrons. The molecule has 0 N–H and O–H groups in total. The summed E-state index contributed by atoms with van der Waals surface area (Å²) in [6.07, 6.45) is 0. The van der Waals surface area contributed by atoms with Crippen LogP contribution >= 0.6 is 0 Å². The van der Waals surface area contributed by atoms with Gasteiger partial charge >= 0.3 is 0 Å². The SMILES string of the molecule is COc1c[c]ccc1.[I-].[Yb]. The van der Waals surface area contributed by atoms with Crippen LogP contribution in [0.1, 0.15) is 0 Å². The van der Waals surface area contributed by atoms with E-state index in [1.807, 2.05) is 18.2 Å². The van der Waals surface area contributed by atoms with Gasteiger partial charge in [-0.25, -0.2) is 0 Å². The van der Waals surface area contributed by atoms with E-state index < -0.39 is 0 Å². The summed E-state index contributed by atoms with van der Waals surface area (Å²) in [5, 5.41) is 0. The Labute approximate surface area is 117 Å². The van der Waals surface area contributed by atoms with E-state index in [2.05, 4.69) is 6.07 Å². The standard InChI is InChI=1S/C7H7O.HI.Yb/c1-8-7-5-3-2-4-6-7;;/h2-3,5-6H,1H3;1H;/p-1. The van der Waals surface area contributed by atoms with Crippen molar-refractivity contribution in [2.24, 2.45) is 0 Å². The first kappa shape index (κ1) is 13.8. The minimum Gasteiger partial charge on any atom is -1.00 e. The van der Waals surface area contributed by atoms with Gasteiger partial charge in [-0.1, -0.05) is 12.1 Å². The molecule has 1 aromatic rings. The summed E-state index contributed by atoms with van der Waals surface area (Å²) in [4.78, 5) is 0. The zero-order valence-electron chi connectivity index (χ0n) is 5.36. The Morgan fingerprint density at radius 3 is 2.50 bits per heavy atom. The molecular formula is C7H7IOYb-. The van der Waals surface area contributed by atoms with Gasteiger partial charge in [-0.15, -0.1) is 0 Å². The van der Waals surface area contributed by atoms with Crippen LogP contribution in [0.4, 0.5) is 0 Å². The third kappa shape index (κ3) is 4.99. The fourth-order valence-corrected chi connectivity index (χ4v) is 0.504. The summed E-state index contributed by atoms with van der Waals surface area (Å²) >= 11 is 0. The number of ether oxygens (including phenoxy) is 1. The molecule has 0 atom stereocenters. The fraction of sp³-hybridized carbons (Fsp3) is 0.143. The average Bonchev–Trinajstić information content (AvgIpc) is 1.90. The molecule has 0 aliphatic rings. The Morgan fingerprint density at radius 2 is 2.20 bits per heavy atom. The van der Waals surface area contributed by atoms with Crippen molar-refractivity contribution in [2.75, 3.05) is 7.11 Å². The Hall–Kier alpha value is 1.27. The van der Waals surface area contributed by atoms with Gasteiger partial charge in [-0.2, -0.15) is 0 Å². The molecule has 0 aromatic heterocycles. The number of methoxy groups -OCH3 is 1. The largest absolute Gasteiger partial charge is 1.00 e. The van der Waals surface area contributed by atoms with Crippen molar-refractivity contribution in [3.63, 3.8) is 0 Å². The minimum atomic E-state index is 0. The topological polar surface area (TPSA) is 9.23 Å². The molecule has 0 bridgehead atoms. The summed E-state index contributed by atoms with van der Waals surface area (Å²) in [6, 6.07) is 10.3. The van der Waals surface area contributed by atoms with E-state index in [9.17, 15) is 0 Å². The van der Waals surface area contributed by atoms with Gasteiger partial charge in [0.25, 0.3) is 0 Å². The van der Waals surface area contributed by atoms with E-state index >= 15 is 0 Å². The summed E-state index contributed by atoms with van der Waals surface area (Å²) in [5.41, 5.74) is 0. The first-order chi connectivity index (χ1) is 3.93. The zero-order valence-corrected chi connectivity index (χ0v) is 9.24. The quantitative estimate of drug-likeness (QED) is 0.516. The Balaban J connectivity index is 0. The van der Waals surface area contributed by atoms with Crippen molar-refractivity contribution in [1.29, 1.82) is 0 Å². The maximum absolute atomic E-state index is 4.88. The number of hydrogen-bond donors (Lipinski definition) is 0. The van der Waals surface area contributed by atoms with Gasteiger partial charge in [0.15, 0.2) is 0 Å². The Morgan fingerprint density at radius 1 is 1.50 bits per heavy atom. The van der Waals surface area contributed by atoms with Crippen LogP contribution in [0.2, 0.25) is 0 Å². The molecule has 0 aliphatic heterocycles. The summed E-state index contributed by atoms with van der Waals surface area (Å²) in [7, 11) is 1.64. The summed E-state index contributed by atoms with van der Waals surface area (Å²) in [5.74, 6) is 0.854. The number of halogens is 1. The Kier molecular flexibility index (Phi) is 11.6. The van der Waals surface area contributed by atoms with Crippen molar-refractivity contribution in [1.82, 2.24) is 0 Å². The molecule has 0 saturated carbocycles. The number of hydrogen-bond acceptors (Lipinski definition) is 1. The van der Waals surface area contributed by atoms with Crippen LogP contribution < -0.4 is 28.7 Å². The second kappa shape index (κ2) is 8.37. The van der Waals surface area contributed by atoms with Crippen LogP contribution in [0.3, 0.4) is 0 Å². The monoisotopic (exact) mass is 408 g/mol. The maximum Gasteiger partial charge on any atom is 0.119 e. The normalized spacial score (nSPS) is 6.90. The molecule has 0 saturated heterocycles. The molecule has 1 rings (SSSR count). The van der Waals surface area contributed by atoms with Crippen molar-refractivity contribution < 1.29 is 75.6 Å². The van der Waals surface area contributed by atoms with Gasteiger partial charge in [0, 0.05) is 46.9 Å². The molecule has 0 amide bonds. The molecule has 3 heteroatoms. The fourth-order valence-electron chi connectivity index (χ4n) is 0.504. The van der Waals surface area contributed by atoms with Crippen molar-refractivity contribution >= 4 is 0 Å². The van der Waals surface area contributed by atoms with E-state index in [0.29, 0.717) is 0 Å². The molecule has 10 heavy (non-hydrogen) atoms. The van der Waals surface area contributed by atoms with E-state index in [-0.39, 0.29) is 70.9 Å². The average molecular weight is 407 g/mol. The van der Waals surface area contributed by atoms with E-state index in [4.69, 9.17) is 4.74 Å². The smallest absolute Gasteiger partial charge is 0.119 e. The van der Waals surface area contributed by atoms with Crippen LogP contribution in [0.5, 0.6) is 5.75 Å². The predicted octanol–water partition coefficient (Wildman–Crippen LogP) is -1.50. The molecule has 0 unspecified atom stereocenters. The molecule has 63 valence electrons. The molecule has 0 heterocycles. The second-order valence-corrected chi connectivity index (χ2v) is 1.44. The van der Waals surface area contributed by atoms with E-state index in [1.165, 1.54) is 0 Å². The van der Waals surface area contributed by atoms with Crippen molar-refractivity contribution in [3.8, 4) is 5.75 Å². The number of benzene rings is 1. The van der Waals surface area contributed by atoms with Gasteiger partial charge in [-0.05, 0) is 18.2 Å². The first-order valence-electron chi connectivity index (χ1n) is 2.43. The Bertz CT molecular complexity index is 155. The summed E-state index contributed by atoms with van der Waals surface area (Å²) in [6.45, 7) is 0. The predicted molar refractivity (Wildman–Crippen MR) is 31.8 cm³/mol. The third-order valence-corrected chi connectivity index (χ3v) is 0.914. The van der Waals surface area contributed by atoms with E-state index in [1.54, 1.807) is 13.2 Å². The van der Waals surface area contributed by atoms with Gasteiger partial charge in [0.2, 0.25) is 0 Å². The summed E-state index contributed by atoms with van der Waals surface area (Å²) < 4.78 is 4.88. The van der Waals surface area contributed by atoms with Crippen LogP contribution in [0, 0.1) is 53.0 Å². The molecule has 1 aromatic carbocycles. The van der Waals surface area contributed by atoms with Crippen LogP contribution in [-0.4, -0.2) is 7.11 Å². The van der Waals surface area contributed by atoms with Crippen LogP contribution in [-0.2, 0) is 0 Å². The maximum atomic E-state index is 4.88. The zero-order chi connectivity index (χ0) is 5.82. The van der Waals surface area contributed by atoms with E-state index in [0.717, 1.165) is 5.75 Å². The van der Waals surface area contributed by atoms with Crippen LogP contribution in [0.15, 0.2) is 24.3 Å². The van der Waals surface area contributed by atoms with Crippen molar-refractivity contribution in [2.45, 2.75) is 0 Å².